The molecule has 3 heterocycles. The van der Waals surface area contributed by atoms with E-state index in [1.165, 1.54) is 6.07 Å². The molecule has 1 aliphatic heterocycles. The Morgan fingerprint density at radius 1 is 0.556 bits per heavy atom. The molecule has 0 radical (unpaired) electrons. The fourth-order valence-electron chi connectivity index (χ4n) is 8.55. The van der Waals surface area contributed by atoms with Crippen molar-refractivity contribution in [1.82, 2.24) is 14.1 Å². The molecule has 0 amide bonds. The summed E-state index contributed by atoms with van der Waals surface area (Å²) >= 11 is 2.24. The summed E-state index contributed by atoms with van der Waals surface area (Å²) in [6.07, 6.45) is 0. The molecule has 0 N–H and O–H groups in total. The van der Waals surface area contributed by atoms with Crippen LogP contribution in [0, 0.1) is 10.7 Å². The van der Waals surface area contributed by atoms with Crippen molar-refractivity contribution in [3.05, 3.63) is 234 Å². The topological polar surface area (TPSA) is 38.5 Å². The van der Waals surface area contributed by atoms with E-state index in [1.807, 2.05) is 144 Å². The van der Waals surface area contributed by atoms with E-state index < -0.39 is 37.1 Å². The summed E-state index contributed by atoms with van der Waals surface area (Å²) in [4.78, 5) is 9.72. The molecular formula is C55H40BN5OPt. The Morgan fingerprint density at radius 2 is 1.16 bits per heavy atom. The number of hydrogen-bond acceptors (Lipinski definition) is 4. The molecule has 0 unspecified atom stereocenters. The molecule has 304 valence electrons. The Morgan fingerprint density at radius 3 is 1.89 bits per heavy atom. The van der Waals surface area contributed by atoms with Crippen LogP contribution in [0.4, 0.5) is 22.9 Å². The molecule has 10 aromatic rings. The first-order valence-corrected chi connectivity index (χ1v) is 21.5. The molecule has 6 nitrogen and oxygen atoms in total. The summed E-state index contributed by atoms with van der Waals surface area (Å²) in [5.41, 5.74) is 8.04. The second-order valence-electron chi connectivity index (χ2n) is 15.0. The number of hydrogen-bond donors (Lipinski definition) is 0. The summed E-state index contributed by atoms with van der Waals surface area (Å²) < 4.78 is 81.0. The molecule has 0 bridgehead atoms. The molecule has 8 heteroatoms. The number of anilines is 4. The number of rotatable bonds is 9. The number of aromatic nitrogens is 3. The molecule has 1 aliphatic rings. The normalized spacial score (nSPS) is 14.2. The summed E-state index contributed by atoms with van der Waals surface area (Å²) in [7, 11) is 0. The van der Waals surface area contributed by atoms with Crippen molar-refractivity contribution in [3.8, 4) is 45.3 Å². The molecule has 0 fully saturated rings. The summed E-state index contributed by atoms with van der Waals surface area (Å²) in [6.45, 7) is -2.86. The van der Waals surface area contributed by atoms with Crippen LogP contribution in [0.15, 0.2) is 224 Å². The van der Waals surface area contributed by atoms with Crippen molar-refractivity contribution in [3.63, 3.8) is 0 Å². The zero-order valence-electron chi connectivity index (χ0n) is 41.5. The van der Waals surface area contributed by atoms with Gasteiger partial charge in [0.05, 0.1) is 0 Å². The number of ether oxygens (including phenoxy) is 1. The van der Waals surface area contributed by atoms with Crippen molar-refractivity contribution < 1.29 is 35.1 Å². The first-order chi connectivity index (χ1) is 34.4. The Labute approximate surface area is 389 Å². The van der Waals surface area contributed by atoms with Gasteiger partial charge in [-0.05, 0) is 18.2 Å². The van der Waals surface area contributed by atoms with Gasteiger partial charge in [-0.1, -0.05) is 60.7 Å². The minimum absolute atomic E-state index is 0.0398. The number of fused-ring (bicyclic) bond motifs is 2. The zero-order valence-corrected chi connectivity index (χ0v) is 35.8. The Kier molecular flexibility index (Phi) is 7.96. The molecule has 0 atom stereocenters. The fourth-order valence-corrected chi connectivity index (χ4v) is 9.65. The van der Waals surface area contributed by atoms with Gasteiger partial charge in [0.25, 0.3) is 0 Å². The number of para-hydroxylation sites is 5. The number of pyridine rings is 1. The average Bonchev–Trinajstić information content (AvgIpc) is 3.89. The summed E-state index contributed by atoms with van der Waals surface area (Å²) in [5, 5.41) is 0. The predicted octanol–water partition coefficient (Wildman–Crippen LogP) is 13.0. The first kappa shape index (κ1) is 30.5. The van der Waals surface area contributed by atoms with E-state index in [0.29, 0.717) is 43.6 Å². The van der Waals surface area contributed by atoms with Crippen molar-refractivity contribution in [1.29, 1.82) is 0 Å². The third-order valence-electron chi connectivity index (χ3n) is 11.2. The van der Waals surface area contributed by atoms with Crippen molar-refractivity contribution in [2.75, 3.05) is 9.62 Å². The van der Waals surface area contributed by atoms with Crippen LogP contribution in [-0.2, 0) is 19.4 Å². The Hall–Kier alpha value is -7.47. The van der Waals surface area contributed by atoms with Crippen LogP contribution >= 0.6 is 0 Å². The molecule has 63 heavy (non-hydrogen) atoms. The van der Waals surface area contributed by atoms with Crippen molar-refractivity contribution >= 4 is 46.4 Å². The molecule has 2 aromatic heterocycles. The SMILES string of the molecule is [2H]c1c([2H])c([2H])c(-c2cc(C([2H])([2H])[2H])cc(-c3ccccc3)c2-n2[c](=[Pt])n(-c3cccc(Oc4cccc(N5B(c6ccccc6)N(c6ccccc6)c6ccccc65)n4)c3)c3ccccc32)c([2H])c1[2H]. The van der Waals surface area contributed by atoms with Crippen LogP contribution in [0.3, 0.4) is 0 Å². The number of nitrogens with zero attached hydrogens (tertiary/aromatic N) is 5. The maximum atomic E-state index is 9.14. The third-order valence-corrected chi connectivity index (χ3v) is 12.2. The predicted molar refractivity (Wildman–Crippen MR) is 255 cm³/mol. The summed E-state index contributed by atoms with van der Waals surface area (Å²) in [6, 6.07) is 60.1. The third kappa shape index (κ3) is 7.01. The van der Waals surface area contributed by atoms with Gasteiger partial charge in [-0.15, -0.1) is 0 Å². The number of imidazole rings is 1. The minimum atomic E-state index is -2.60. The second kappa shape index (κ2) is 16.4. The molecule has 0 saturated heterocycles. The quantitative estimate of drug-likeness (QED) is 0.135. The van der Waals surface area contributed by atoms with Crippen LogP contribution in [-0.4, -0.2) is 21.1 Å². The van der Waals surface area contributed by atoms with E-state index in [-0.39, 0.29) is 23.7 Å². The Balaban J connectivity index is 1.05. The van der Waals surface area contributed by atoms with Gasteiger partial charge in [0.1, 0.15) is 0 Å². The molecule has 8 aromatic carbocycles. The van der Waals surface area contributed by atoms with Crippen molar-refractivity contribution in [2.24, 2.45) is 0 Å². The van der Waals surface area contributed by atoms with E-state index in [2.05, 4.69) is 76.0 Å². The molecule has 0 saturated carbocycles. The van der Waals surface area contributed by atoms with E-state index in [4.69, 9.17) is 20.7 Å². The van der Waals surface area contributed by atoms with Gasteiger partial charge in [-0.2, -0.15) is 0 Å². The zero-order chi connectivity index (χ0) is 49.1. The van der Waals surface area contributed by atoms with Crippen molar-refractivity contribution in [2.45, 2.75) is 6.85 Å². The van der Waals surface area contributed by atoms with Crippen LogP contribution in [0.1, 0.15) is 16.5 Å². The standard InChI is InChI=1S/C55H40BN5O.Pt/c1-40-36-47(41-20-6-2-7-21-41)55(48(37-40)42-22-8-3-9-23-42)59-39-58(49-30-14-15-31-50(49)59)45-28-18-29-46(38-45)62-54-35-19-34-53(57-54)61-52-33-17-16-32-51(52)60(44-26-12-5-13-27-44)56(61)43-24-10-4-11-25-43;/h2-38H,1H3;/i1D3,2D,6D,7D,20D,21D;. The average molecular weight is 1000 g/mol. The van der Waals surface area contributed by atoms with Gasteiger partial charge >= 0.3 is 306 Å². The van der Waals surface area contributed by atoms with Crippen LogP contribution < -0.4 is 19.8 Å². The molecule has 0 spiro atoms. The first-order valence-electron chi connectivity index (χ1n) is 24.4. The van der Waals surface area contributed by atoms with Gasteiger partial charge in [0.2, 0.25) is 0 Å². The van der Waals surface area contributed by atoms with E-state index in [0.717, 1.165) is 33.7 Å². The monoisotopic (exact) mass is 1000 g/mol. The van der Waals surface area contributed by atoms with Gasteiger partial charge in [0, 0.05) is 5.69 Å². The van der Waals surface area contributed by atoms with Gasteiger partial charge in [0.15, 0.2) is 0 Å². The molecule has 11 rings (SSSR count). The number of aryl methyl sites for hydroxylation is 1. The fraction of sp³-hybridized carbons (Fsp3) is 0.0182. The van der Waals surface area contributed by atoms with Crippen LogP contribution in [0.25, 0.3) is 44.7 Å². The van der Waals surface area contributed by atoms with E-state index in [9.17, 15) is 0 Å². The molecule has 0 aliphatic carbocycles. The second-order valence-corrected chi connectivity index (χ2v) is 16.0. The van der Waals surface area contributed by atoms with E-state index in [1.54, 1.807) is 6.07 Å². The Bertz CT molecular complexity index is 3710. The molecular weight excluding hydrogens is 953 g/mol. The van der Waals surface area contributed by atoms with E-state index >= 15 is 0 Å². The number of benzene rings is 8. The van der Waals surface area contributed by atoms with Crippen LogP contribution in [0.5, 0.6) is 11.6 Å². The summed E-state index contributed by atoms with van der Waals surface area (Å²) in [5.74, 6) is 1.60. The van der Waals surface area contributed by atoms with Gasteiger partial charge in [-0.3, -0.25) is 0 Å². The van der Waals surface area contributed by atoms with Gasteiger partial charge in [-0.25, -0.2) is 0 Å². The van der Waals surface area contributed by atoms with Crippen LogP contribution in [0.2, 0.25) is 0 Å². The maximum absolute atomic E-state index is 9.14. The van der Waals surface area contributed by atoms with Gasteiger partial charge < -0.3 is 0 Å².